The molecule has 0 fully saturated rings. The molecule has 1 aromatic carbocycles. The number of hydrogen-bond acceptors (Lipinski definition) is 5. The number of carbonyl (C=O) groups is 1. The highest BCUT2D eigenvalue weighted by molar-refractivity contribution is 6.04. The third-order valence-corrected chi connectivity index (χ3v) is 4.32. The van der Waals surface area contributed by atoms with Crippen molar-refractivity contribution in [2.75, 3.05) is 11.9 Å². The molecule has 0 bridgehead atoms. The van der Waals surface area contributed by atoms with Gasteiger partial charge >= 0.3 is 0 Å². The number of hydrogen-bond donors (Lipinski definition) is 2. The molecular weight excluding hydrogens is 351 g/mol. The molecule has 2 aromatic heterocycles. The topological polar surface area (TPSA) is 89.3 Å². The van der Waals surface area contributed by atoms with Crippen molar-refractivity contribution in [1.82, 2.24) is 14.8 Å². The first-order chi connectivity index (χ1) is 13.0. The number of benzene rings is 1. The Morgan fingerprint density at radius 1 is 1.37 bits per heavy atom. The first-order valence-electron chi connectivity index (χ1n) is 8.43. The van der Waals surface area contributed by atoms with Gasteiger partial charge in [-0.2, -0.15) is 5.10 Å². The molecule has 0 spiro atoms. The van der Waals surface area contributed by atoms with Crippen molar-refractivity contribution in [1.29, 1.82) is 0 Å². The van der Waals surface area contributed by atoms with Crippen LogP contribution in [0.5, 0.6) is 5.75 Å². The molecule has 0 saturated heterocycles. The van der Waals surface area contributed by atoms with Crippen molar-refractivity contribution in [2.45, 2.75) is 20.0 Å². The van der Waals surface area contributed by atoms with Crippen molar-refractivity contribution < 1.29 is 19.0 Å². The molecule has 3 heterocycles. The minimum absolute atomic E-state index is 0.150. The number of ether oxygens (including phenoxy) is 1. The second-order valence-electron chi connectivity index (χ2n) is 6.35. The minimum Gasteiger partial charge on any atom is -0.504 e. The number of aryl methyl sites for hydroxylation is 1. The van der Waals surface area contributed by atoms with Crippen LogP contribution < -0.4 is 5.32 Å². The molecule has 1 amide bonds. The van der Waals surface area contributed by atoms with Gasteiger partial charge in [-0.25, -0.2) is 9.07 Å². The first kappa shape index (κ1) is 17.2. The molecule has 0 saturated carbocycles. The Balaban J connectivity index is 1.59. The van der Waals surface area contributed by atoms with E-state index in [0.717, 1.165) is 27.9 Å². The lowest BCUT2D eigenvalue weighted by Crippen LogP contribution is -2.16. The second kappa shape index (κ2) is 6.81. The van der Waals surface area contributed by atoms with Gasteiger partial charge in [-0.3, -0.25) is 9.78 Å². The standard InChI is InChI=1S/C19H17FN4O3/c1-11-2-3-14(20)16(6-11)24-9-17(25)18(23-24)19(26)22-13-7-12-10-27-5-4-15(12)21-8-13/h2-3,6-9,25H,4-5,10H2,1H3,(H,22,26). The van der Waals surface area contributed by atoms with Crippen LogP contribution in [-0.2, 0) is 17.8 Å². The van der Waals surface area contributed by atoms with Gasteiger partial charge < -0.3 is 15.2 Å². The molecular formula is C19H17FN4O3. The Kier molecular flexibility index (Phi) is 4.33. The summed E-state index contributed by atoms with van der Waals surface area (Å²) in [5.74, 6) is -1.46. The van der Waals surface area contributed by atoms with E-state index in [0.29, 0.717) is 18.9 Å². The summed E-state index contributed by atoms with van der Waals surface area (Å²) >= 11 is 0. The van der Waals surface area contributed by atoms with Crippen LogP contribution in [0.2, 0.25) is 0 Å². The SMILES string of the molecule is Cc1ccc(F)c(-n2cc(O)c(C(=O)Nc3cnc4c(c3)COCC4)n2)c1. The molecule has 2 N–H and O–H groups in total. The number of nitrogens with one attached hydrogen (secondary N) is 1. The molecule has 0 atom stereocenters. The van der Waals surface area contributed by atoms with Crippen LogP contribution in [0.3, 0.4) is 0 Å². The number of pyridine rings is 1. The van der Waals surface area contributed by atoms with Crippen molar-refractivity contribution in [3.8, 4) is 11.4 Å². The molecule has 7 nitrogen and oxygen atoms in total. The summed E-state index contributed by atoms with van der Waals surface area (Å²) in [4.78, 5) is 16.8. The van der Waals surface area contributed by atoms with Gasteiger partial charge in [0, 0.05) is 17.7 Å². The molecule has 27 heavy (non-hydrogen) atoms. The Morgan fingerprint density at radius 2 is 2.22 bits per heavy atom. The zero-order chi connectivity index (χ0) is 19.0. The summed E-state index contributed by atoms with van der Waals surface area (Å²) in [5.41, 5.74) is 3.11. The van der Waals surface area contributed by atoms with Gasteiger partial charge in [0.1, 0.15) is 11.5 Å². The monoisotopic (exact) mass is 368 g/mol. The van der Waals surface area contributed by atoms with Crippen LogP contribution in [0, 0.1) is 12.7 Å². The van der Waals surface area contributed by atoms with E-state index in [4.69, 9.17) is 4.74 Å². The predicted octanol–water partition coefficient (Wildman–Crippen LogP) is 2.75. The molecule has 4 rings (SSSR count). The van der Waals surface area contributed by atoms with Crippen LogP contribution in [0.15, 0.2) is 36.7 Å². The van der Waals surface area contributed by atoms with E-state index >= 15 is 0 Å². The Bertz CT molecular complexity index is 1030. The maximum Gasteiger partial charge on any atom is 0.280 e. The summed E-state index contributed by atoms with van der Waals surface area (Å²) in [5, 5.41) is 16.8. The lowest BCUT2D eigenvalue weighted by Gasteiger charge is -2.16. The summed E-state index contributed by atoms with van der Waals surface area (Å²) in [7, 11) is 0. The zero-order valence-electron chi connectivity index (χ0n) is 14.6. The maximum atomic E-state index is 14.0. The van der Waals surface area contributed by atoms with Crippen LogP contribution in [0.4, 0.5) is 10.1 Å². The van der Waals surface area contributed by atoms with Crippen molar-refractivity contribution in [3.05, 3.63) is 65.0 Å². The largest absolute Gasteiger partial charge is 0.504 e. The number of carbonyl (C=O) groups excluding carboxylic acids is 1. The lowest BCUT2D eigenvalue weighted by atomic mass is 10.1. The number of rotatable bonds is 3. The van der Waals surface area contributed by atoms with Gasteiger partial charge in [-0.1, -0.05) is 6.07 Å². The van der Waals surface area contributed by atoms with Gasteiger partial charge in [-0.15, -0.1) is 0 Å². The predicted molar refractivity (Wildman–Crippen MR) is 95.5 cm³/mol. The van der Waals surface area contributed by atoms with E-state index in [-0.39, 0.29) is 17.1 Å². The van der Waals surface area contributed by atoms with E-state index in [9.17, 15) is 14.3 Å². The summed E-state index contributed by atoms with van der Waals surface area (Å²) in [6, 6.07) is 6.30. The van der Waals surface area contributed by atoms with Crippen molar-refractivity contribution >= 4 is 11.6 Å². The smallest absolute Gasteiger partial charge is 0.280 e. The molecule has 138 valence electrons. The molecule has 1 aliphatic heterocycles. The first-order valence-corrected chi connectivity index (χ1v) is 8.43. The number of amides is 1. The molecule has 1 aliphatic rings. The molecule has 0 unspecified atom stereocenters. The number of fused-ring (bicyclic) bond motifs is 1. The summed E-state index contributed by atoms with van der Waals surface area (Å²) < 4.78 is 20.6. The average molecular weight is 368 g/mol. The fourth-order valence-electron chi connectivity index (χ4n) is 2.95. The van der Waals surface area contributed by atoms with Crippen molar-refractivity contribution in [3.63, 3.8) is 0 Å². The quantitative estimate of drug-likeness (QED) is 0.742. The Morgan fingerprint density at radius 3 is 3.07 bits per heavy atom. The van der Waals surface area contributed by atoms with E-state index < -0.39 is 11.7 Å². The third kappa shape index (κ3) is 3.39. The fraction of sp³-hybridized carbons (Fsp3) is 0.211. The van der Waals surface area contributed by atoms with Crippen molar-refractivity contribution in [2.24, 2.45) is 0 Å². The van der Waals surface area contributed by atoms with E-state index in [1.165, 1.54) is 12.3 Å². The van der Waals surface area contributed by atoms with Gasteiger partial charge in [0.15, 0.2) is 11.4 Å². The molecule has 8 heteroatoms. The third-order valence-electron chi connectivity index (χ3n) is 4.32. The van der Waals surface area contributed by atoms with E-state index in [2.05, 4.69) is 15.4 Å². The Hall–Kier alpha value is -3.26. The highest BCUT2D eigenvalue weighted by Gasteiger charge is 2.20. The minimum atomic E-state index is -0.613. The Labute approximate surface area is 154 Å². The highest BCUT2D eigenvalue weighted by atomic mass is 19.1. The van der Waals surface area contributed by atoms with Gasteiger partial charge in [-0.05, 0) is 30.7 Å². The number of halogens is 1. The molecule has 3 aromatic rings. The summed E-state index contributed by atoms with van der Waals surface area (Å²) in [6.45, 7) is 2.89. The second-order valence-corrected chi connectivity index (χ2v) is 6.35. The highest BCUT2D eigenvalue weighted by Crippen LogP contribution is 2.23. The number of aromatic nitrogens is 3. The molecule has 0 aliphatic carbocycles. The van der Waals surface area contributed by atoms with Crippen LogP contribution >= 0.6 is 0 Å². The number of anilines is 1. The fourth-order valence-corrected chi connectivity index (χ4v) is 2.95. The lowest BCUT2D eigenvalue weighted by molar-refractivity contribution is 0.101. The molecule has 0 radical (unpaired) electrons. The maximum absolute atomic E-state index is 14.0. The van der Waals surface area contributed by atoms with Crippen LogP contribution in [0.1, 0.15) is 27.3 Å². The zero-order valence-corrected chi connectivity index (χ0v) is 14.6. The average Bonchev–Trinajstić information content (AvgIpc) is 3.05. The summed E-state index contributed by atoms with van der Waals surface area (Å²) in [6.07, 6.45) is 3.48. The number of aromatic hydroxyl groups is 1. The van der Waals surface area contributed by atoms with E-state index in [1.807, 2.05) is 6.92 Å². The van der Waals surface area contributed by atoms with E-state index in [1.54, 1.807) is 24.4 Å². The van der Waals surface area contributed by atoms with Gasteiger partial charge in [0.25, 0.3) is 5.91 Å². The number of nitrogens with zero attached hydrogens (tertiary/aromatic N) is 3. The van der Waals surface area contributed by atoms with Crippen LogP contribution in [-0.4, -0.2) is 32.4 Å². The van der Waals surface area contributed by atoms with Gasteiger partial charge in [0.05, 0.1) is 31.3 Å². The normalized spacial score (nSPS) is 13.3. The van der Waals surface area contributed by atoms with Gasteiger partial charge in [0.2, 0.25) is 0 Å². The van der Waals surface area contributed by atoms with Crippen LogP contribution in [0.25, 0.3) is 5.69 Å².